The van der Waals surface area contributed by atoms with Crippen molar-refractivity contribution in [2.45, 2.75) is 64.6 Å². The Kier molecular flexibility index (Phi) is 10.6. The average Bonchev–Trinajstić information content (AvgIpc) is 2.99. The Bertz CT molecular complexity index is 1670. The molecule has 0 aliphatic heterocycles. The molecule has 2 amide bonds. The van der Waals surface area contributed by atoms with Crippen molar-refractivity contribution in [3.8, 4) is 0 Å². The lowest BCUT2D eigenvalue weighted by molar-refractivity contribution is -0.140. The molecule has 0 fully saturated rings. The van der Waals surface area contributed by atoms with Crippen LogP contribution in [0, 0.1) is 20.8 Å². The zero-order chi connectivity index (χ0) is 31.9. The molecule has 0 heterocycles. The monoisotopic (exact) mass is 611 g/mol. The van der Waals surface area contributed by atoms with Crippen molar-refractivity contribution in [2.75, 3.05) is 10.8 Å². The number of aryl methyl sites for hydroxylation is 3. The molecule has 0 saturated carbocycles. The number of sulfonamides is 1. The Morgan fingerprint density at radius 3 is 1.91 bits per heavy atom. The number of amides is 2. The summed E-state index contributed by atoms with van der Waals surface area (Å²) in [5, 5.41) is 2.99. The van der Waals surface area contributed by atoms with Gasteiger partial charge in [-0.2, -0.15) is 0 Å². The predicted molar refractivity (Wildman–Crippen MR) is 176 cm³/mol. The van der Waals surface area contributed by atoms with Gasteiger partial charge in [-0.25, -0.2) is 8.42 Å². The molecule has 1 unspecified atom stereocenters. The first-order chi connectivity index (χ1) is 21.0. The first-order valence-corrected chi connectivity index (χ1v) is 16.2. The van der Waals surface area contributed by atoms with E-state index in [2.05, 4.69) is 5.32 Å². The summed E-state index contributed by atoms with van der Waals surface area (Å²) in [5.74, 6) is -0.779. The number of hydrogen-bond donors (Lipinski definition) is 1. The van der Waals surface area contributed by atoms with Gasteiger partial charge in [0.1, 0.15) is 12.6 Å². The lowest BCUT2D eigenvalue weighted by Gasteiger charge is -2.34. The second-order valence-electron chi connectivity index (χ2n) is 11.5. The highest BCUT2D eigenvalue weighted by atomic mass is 32.2. The quantitative estimate of drug-likeness (QED) is 0.214. The molecule has 0 saturated heterocycles. The lowest BCUT2D eigenvalue weighted by atomic mass is 10.0. The van der Waals surface area contributed by atoms with Gasteiger partial charge in [-0.05, 0) is 75.6 Å². The summed E-state index contributed by atoms with van der Waals surface area (Å²) in [6.07, 6.45) is 0.270. The fourth-order valence-corrected chi connectivity index (χ4v) is 6.40. The van der Waals surface area contributed by atoms with Crippen LogP contribution >= 0.6 is 0 Å². The van der Waals surface area contributed by atoms with Crippen LogP contribution in [-0.2, 0) is 32.6 Å². The van der Waals surface area contributed by atoms with E-state index in [1.54, 1.807) is 36.4 Å². The first kappa shape index (κ1) is 32.5. The molecule has 230 valence electrons. The molecular weight excluding hydrogens is 570 g/mol. The van der Waals surface area contributed by atoms with Gasteiger partial charge < -0.3 is 10.2 Å². The van der Waals surface area contributed by atoms with Gasteiger partial charge in [0.25, 0.3) is 10.0 Å². The van der Waals surface area contributed by atoms with Crippen LogP contribution in [0.5, 0.6) is 0 Å². The number of rotatable bonds is 12. The first-order valence-electron chi connectivity index (χ1n) is 14.8. The summed E-state index contributed by atoms with van der Waals surface area (Å²) in [7, 11) is -4.13. The minimum absolute atomic E-state index is 0.0836. The maximum Gasteiger partial charge on any atom is 0.264 e. The van der Waals surface area contributed by atoms with Gasteiger partial charge in [0.05, 0.1) is 10.6 Å². The Hall–Kier alpha value is -4.43. The van der Waals surface area contributed by atoms with Crippen LogP contribution in [0.4, 0.5) is 5.69 Å². The molecular formula is C36H41N3O4S. The van der Waals surface area contributed by atoms with Crippen LogP contribution in [0.15, 0.2) is 108 Å². The summed E-state index contributed by atoms with van der Waals surface area (Å²) in [6.45, 7) is 9.16. The number of carbonyl (C=O) groups is 2. The van der Waals surface area contributed by atoms with Crippen LogP contribution in [0.25, 0.3) is 0 Å². The summed E-state index contributed by atoms with van der Waals surface area (Å²) in [4.78, 5) is 29.9. The Balaban J connectivity index is 1.81. The maximum atomic E-state index is 14.5. The third-order valence-electron chi connectivity index (χ3n) is 7.51. The number of carbonyl (C=O) groups excluding carboxylic acids is 2. The van der Waals surface area contributed by atoms with Crippen LogP contribution < -0.4 is 9.62 Å². The van der Waals surface area contributed by atoms with Gasteiger partial charge in [-0.15, -0.1) is 0 Å². The van der Waals surface area contributed by atoms with Crippen molar-refractivity contribution >= 4 is 27.5 Å². The Morgan fingerprint density at radius 1 is 0.750 bits per heavy atom. The minimum atomic E-state index is -4.13. The molecule has 0 spiro atoms. The van der Waals surface area contributed by atoms with Crippen LogP contribution in [0.2, 0.25) is 0 Å². The zero-order valence-corrected chi connectivity index (χ0v) is 26.8. The SMILES string of the molecule is Cc1ccc(N(CC(=O)N(Cc2ccccc2C)C(Cc2ccccc2)C(=O)NC(C)C)S(=O)(=O)c2ccc(C)cc2)cc1. The lowest BCUT2D eigenvalue weighted by Crippen LogP contribution is -2.54. The third kappa shape index (κ3) is 8.14. The van der Waals surface area contributed by atoms with Crippen LogP contribution in [0.1, 0.15) is 41.7 Å². The third-order valence-corrected chi connectivity index (χ3v) is 9.30. The molecule has 0 radical (unpaired) electrons. The van der Waals surface area contributed by atoms with Crippen molar-refractivity contribution in [3.63, 3.8) is 0 Å². The largest absolute Gasteiger partial charge is 0.352 e. The van der Waals surface area contributed by atoms with E-state index in [4.69, 9.17) is 0 Å². The van der Waals surface area contributed by atoms with Gasteiger partial charge in [0.2, 0.25) is 11.8 Å². The highest BCUT2D eigenvalue weighted by Crippen LogP contribution is 2.26. The number of nitrogens with one attached hydrogen (secondary N) is 1. The molecule has 0 aliphatic rings. The second-order valence-corrected chi connectivity index (χ2v) is 13.3. The molecule has 1 atom stereocenters. The summed E-state index contributed by atoms with van der Waals surface area (Å²) < 4.78 is 29.4. The van der Waals surface area contributed by atoms with Gasteiger partial charge in [0.15, 0.2) is 0 Å². The molecule has 8 heteroatoms. The van der Waals surface area contributed by atoms with E-state index >= 15 is 0 Å². The molecule has 7 nitrogen and oxygen atoms in total. The van der Waals surface area contributed by atoms with Crippen LogP contribution in [0.3, 0.4) is 0 Å². The predicted octanol–water partition coefficient (Wildman–Crippen LogP) is 5.97. The zero-order valence-electron chi connectivity index (χ0n) is 26.0. The number of hydrogen-bond acceptors (Lipinski definition) is 4. The van der Waals surface area contributed by atoms with Crippen molar-refractivity contribution < 1.29 is 18.0 Å². The molecule has 1 N–H and O–H groups in total. The fraction of sp³-hybridized carbons (Fsp3) is 0.278. The van der Waals surface area contributed by atoms with E-state index in [9.17, 15) is 18.0 Å². The van der Waals surface area contributed by atoms with E-state index in [-0.39, 0.29) is 29.8 Å². The smallest absolute Gasteiger partial charge is 0.264 e. The molecule has 44 heavy (non-hydrogen) atoms. The number of nitrogens with zero attached hydrogens (tertiary/aromatic N) is 2. The second kappa shape index (κ2) is 14.4. The van der Waals surface area contributed by atoms with E-state index in [0.29, 0.717) is 5.69 Å². The van der Waals surface area contributed by atoms with Crippen molar-refractivity contribution in [2.24, 2.45) is 0 Å². The minimum Gasteiger partial charge on any atom is -0.352 e. The summed E-state index contributed by atoms with van der Waals surface area (Å²) in [6, 6.07) is 29.8. The van der Waals surface area contributed by atoms with E-state index in [1.165, 1.54) is 4.90 Å². The normalized spacial score (nSPS) is 12.0. The maximum absolute atomic E-state index is 14.5. The molecule has 4 aromatic rings. The molecule has 4 aromatic carbocycles. The van der Waals surface area contributed by atoms with Gasteiger partial charge in [-0.1, -0.05) is 90.0 Å². The van der Waals surface area contributed by atoms with Gasteiger partial charge in [-0.3, -0.25) is 13.9 Å². The van der Waals surface area contributed by atoms with E-state index in [0.717, 1.165) is 32.1 Å². The highest BCUT2D eigenvalue weighted by Gasteiger charge is 2.35. The molecule has 0 aliphatic carbocycles. The van der Waals surface area contributed by atoms with E-state index in [1.807, 2.05) is 101 Å². The summed E-state index contributed by atoms with van der Waals surface area (Å²) in [5.41, 5.74) is 4.98. The Labute approximate surface area is 261 Å². The number of anilines is 1. The van der Waals surface area contributed by atoms with Gasteiger partial charge in [0, 0.05) is 19.0 Å². The Morgan fingerprint density at radius 2 is 1.32 bits per heavy atom. The molecule has 0 aromatic heterocycles. The average molecular weight is 612 g/mol. The standard InChI is InChI=1S/C36H41N3O4S/c1-26(2)37-36(41)34(23-30-12-7-6-8-13-30)38(24-31-14-10-9-11-29(31)5)35(40)25-39(32-19-15-27(3)16-20-32)44(42,43)33-21-17-28(4)18-22-33/h6-22,26,34H,23-25H2,1-5H3,(H,37,41). The van der Waals surface area contributed by atoms with Crippen molar-refractivity contribution in [3.05, 3.63) is 131 Å². The number of benzene rings is 4. The van der Waals surface area contributed by atoms with Crippen molar-refractivity contribution in [1.82, 2.24) is 10.2 Å². The molecule has 4 rings (SSSR count). The molecule has 0 bridgehead atoms. The van der Waals surface area contributed by atoms with Crippen LogP contribution in [-0.4, -0.2) is 43.8 Å². The van der Waals surface area contributed by atoms with E-state index < -0.39 is 28.5 Å². The summed E-state index contributed by atoms with van der Waals surface area (Å²) >= 11 is 0. The van der Waals surface area contributed by atoms with Crippen molar-refractivity contribution in [1.29, 1.82) is 0 Å². The fourth-order valence-electron chi connectivity index (χ4n) is 4.98. The topological polar surface area (TPSA) is 86.8 Å². The highest BCUT2D eigenvalue weighted by molar-refractivity contribution is 7.92. The van der Waals surface area contributed by atoms with Gasteiger partial charge >= 0.3 is 0 Å².